The number of rotatable bonds is 6. The Kier molecular flexibility index (Phi) is 5.25. The molecule has 24 heavy (non-hydrogen) atoms. The Morgan fingerprint density at radius 2 is 2.25 bits per heavy atom. The van der Waals surface area contributed by atoms with Gasteiger partial charge >= 0.3 is 0 Å². The number of hydrogen-bond donors (Lipinski definition) is 2. The average Bonchev–Trinajstić information content (AvgIpc) is 3.23. The lowest BCUT2D eigenvalue weighted by molar-refractivity contribution is -0.121. The van der Waals surface area contributed by atoms with Crippen LogP contribution in [0.4, 0.5) is 4.39 Å². The fraction of sp³-hybridized carbons (Fsp3) is 0.444. The lowest BCUT2D eigenvalue weighted by atomic mass is 10.0. The van der Waals surface area contributed by atoms with Crippen LogP contribution in [0.1, 0.15) is 36.7 Å². The standard InChI is InChI=1S/C18H23FN4O/c1-23-11-10-21-18(23)17(14-3-5-15(19)6-4-14)22-16(24)7-2-13-8-9-20-12-13/h3-6,10-11,13,17,20H,2,7-9,12H2,1H3,(H,22,24). The van der Waals surface area contributed by atoms with Gasteiger partial charge in [-0.2, -0.15) is 0 Å². The number of carbonyl (C=O) groups excluding carboxylic acids is 1. The molecule has 2 atom stereocenters. The molecule has 1 aliphatic rings. The van der Waals surface area contributed by atoms with Crippen LogP contribution in [0, 0.1) is 11.7 Å². The number of nitrogens with one attached hydrogen (secondary N) is 2. The number of benzene rings is 1. The minimum absolute atomic E-state index is 0.000718. The van der Waals surface area contributed by atoms with Crippen LogP contribution < -0.4 is 10.6 Å². The molecule has 128 valence electrons. The molecule has 1 fully saturated rings. The van der Waals surface area contributed by atoms with Gasteiger partial charge < -0.3 is 15.2 Å². The summed E-state index contributed by atoms with van der Waals surface area (Å²) >= 11 is 0. The van der Waals surface area contributed by atoms with Crippen molar-refractivity contribution in [2.45, 2.75) is 25.3 Å². The molecule has 5 nitrogen and oxygen atoms in total. The lowest BCUT2D eigenvalue weighted by Crippen LogP contribution is -2.31. The number of aromatic nitrogens is 2. The number of hydrogen-bond acceptors (Lipinski definition) is 3. The van der Waals surface area contributed by atoms with Crippen molar-refractivity contribution in [2.75, 3.05) is 13.1 Å². The number of halogens is 1. The Labute approximate surface area is 141 Å². The van der Waals surface area contributed by atoms with Gasteiger partial charge in [0.15, 0.2) is 0 Å². The quantitative estimate of drug-likeness (QED) is 0.853. The molecule has 2 unspecified atom stereocenters. The van der Waals surface area contributed by atoms with Gasteiger partial charge in [-0.05, 0) is 49.5 Å². The molecule has 1 aliphatic heterocycles. The van der Waals surface area contributed by atoms with Gasteiger partial charge in [0.25, 0.3) is 0 Å². The Hall–Kier alpha value is -2.21. The predicted molar refractivity (Wildman–Crippen MR) is 89.8 cm³/mol. The third-order valence-corrected chi connectivity index (χ3v) is 4.57. The maximum Gasteiger partial charge on any atom is 0.220 e. The zero-order valence-electron chi connectivity index (χ0n) is 13.8. The first-order valence-corrected chi connectivity index (χ1v) is 8.36. The van der Waals surface area contributed by atoms with Crippen LogP contribution in [0.25, 0.3) is 0 Å². The first-order chi connectivity index (χ1) is 11.6. The van der Waals surface area contributed by atoms with Crippen molar-refractivity contribution in [2.24, 2.45) is 13.0 Å². The number of nitrogens with zero attached hydrogens (tertiary/aromatic N) is 2. The average molecular weight is 330 g/mol. The van der Waals surface area contributed by atoms with Crippen molar-refractivity contribution in [3.8, 4) is 0 Å². The molecule has 1 aromatic carbocycles. The molecule has 0 saturated carbocycles. The van der Waals surface area contributed by atoms with Gasteiger partial charge in [-0.3, -0.25) is 4.79 Å². The second-order valence-electron chi connectivity index (χ2n) is 6.35. The molecule has 2 N–H and O–H groups in total. The van der Waals surface area contributed by atoms with Crippen LogP contribution in [0.3, 0.4) is 0 Å². The molecule has 0 bridgehead atoms. The molecular formula is C18H23FN4O. The molecule has 1 amide bonds. The highest BCUT2D eigenvalue weighted by molar-refractivity contribution is 5.76. The first-order valence-electron chi connectivity index (χ1n) is 8.36. The second-order valence-corrected chi connectivity index (χ2v) is 6.35. The SMILES string of the molecule is Cn1ccnc1C(NC(=O)CCC1CCNC1)c1ccc(F)cc1. The van der Waals surface area contributed by atoms with E-state index in [0.717, 1.165) is 37.3 Å². The number of amides is 1. The highest BCUT2D eigenvalue weighted by atomic mass is 19.1. The van der Waals surface area contributed by atoms with Gasteiger partial charge in [-0.25, -0.2) is 9.37 Å². The molecule has 2 heterocycles. The van der Waals surface area contributed by atoms with E-state index >= 15 is 0 Å². The third-order valence-electron chi connectivity index (χ3n) is 4.57. The fourth-order valence-electron chi connectivity index (χ4n) is 3.14. The summed E-state index contributed by atoms with van der Waals surface area (Å²) < 4.78 is 15.1. The van der Waals surface area contributed by atoms with Gasteiger partial charge in [-0.15, -0.1) is 0 Å². The summed E-state index contributed by atoms with van der Waals surface area (Å²) in [5.74, 6) is 1.02. The normalized spacial score (nSPS) is 18.5. The highest BCUT2D eigenvalue weighted by Gasteiger charge is 2.22. The van der Waals surface area contributed by atoms with Crippen LogP contribution >= 0.6 is 0 Å². The van der Waals surface area contributed by atoms with E-state index in [1.54, 1.807) is 18.3 Å². The largest absolute Gasteiger partial charge is 0.342 e. The summed E-state index contributed by atoms with van der Waals surface area (Å²) in [6, 6.07) is 5.81. The summed E-state index contributed by atoms with van der Waals surface area (Å²) in [6.45, 7) is 2.03. The molecule has 1 saturated heterocycles. The summed E-state index contributed by atoms with van der Waals surface area (Å²) in [7, 11) is 1.88. The van der Waals surface area contributed by atoms with Crippen molar-refractivity contribution in [3.05, 3.63) is 53.9 Å². The zero-order valence-corrected chi connectivity index (χ0v) is 13.8. The summed E-state index contributed by atoms with van der Waals surface area (Å²) in [4.78, 5) is 16.8. The summed E-state index contributed by atoms with van der Waals surface area (Å²) in [5, 5.41) is 6.37. The van der Waals surface area contributed by atoms with Crippen LogP contribution in [-0.4, -0.2) is 28.5 Å². The van der Waals surface area contributed by atoms with Crippen LogP contribution in [0.5, 0.6) is 0 Å². The van der Waals surface area contributed by atoms with Gasteiger partial charge in [0.1, 0.15) is 17.7 Å². The Balaban J connectivity index is 1.71. The first kappa shape index (κ1) is 16.6. The number of carbonyl (C=O) groups is 1. The Bertz CT molecular complexity index is 677. The minimum Gasteiger partial charge on any atom is -0.342 e. The van der Waals surface area contributed by atoms with E-state index in [9.17, 15) is 9.18 Å². The van der Waals surface area contributed by atoms with E-state index in [2.05, 4.69) is 15.6 Å². The van der Waals surface area contributed by atoms with E-state index in [4.69, 9.17) is 0 Å². The molecular weight excluding hydrogens is 307 g/mol. The smallest absolute Gasteiger partial charge is 0.220 e. The molecule has 6 heteroatoms. The lowest BCUT2D eigenvalue weighted by Gasteiger charge is -2.19. The van der Waals surface area contributed by atoms with Crippen molar-refractivity contribution in [1.29, 1.82) is 0 Å². The van der Waals surface area contributed by atoms with Crippen LogP contribution in [-0.2, 0) is 11.8 Å². The van der Waals surface area contributed by atoms with E-state index < -0.39 is 0 Å². The van der Waals surface area contributed by atoms with Crippen molar-refractivity contribution in [3.63, 3.8) is 0 Å². The van der Waals surface area contributed by atoms with E-state index in [0.29, 0.717) is 12.3 Å². The maximum absolute atomic E-state index is 13.2. The minimum atomic E-state index is -0.375. The van der Waals surface area contributed by atoms with Crippen LogP contribution in [0.2, 0.25) is 0 Å². The van der Waals surface area contributed by atoms with Gasteiger partial charge in [0, 0.05) is 25.9 Å². The number of aryl methyl sites for hydroxylation is 1. The Morgan fingerprint density at radius 3 is 2.88 bits per heavy atom. The molecule has 1 aromatic heterocycles. The molecule has 0 radical (unpaired) electrons. The summed E-state index contributed by atoms with van der Waals surface area (Å²) in [6.07, 6.45) is 6.04. The van der Waals surface area contributed by atoms with E-state index in [-0.39, 0.29) is 17.8 Å². The molecule has 2 aromatic rings. The predicted octanol–water partition coefficient (Wildman–Crippen LogP) is 2.15. The molecule has 0 aliphatic carbocycles. The summed E-state index contributed by atoms with van der Waals surface area (Å²) in [5.41, 5.74) is 0.821. The second kappa shape index (κ2) is 7.57. The molecule has 0 spiro atoms. The third kappa shape index (κ3) is 4.00. The van der Waals surface area contributed by atoms with Gasteiger partial charge in [-0.1, -0.05) is 12.1 Å². The van der Waals surface area contributed by atoms with E-state index in [1.807, 2.05) is 17.8 Å². The van der Waals surface area contributed by atoms with Gasteiger partial charge in [0.2, 0.25) is 5.91 Å². The fourth-order valence-corrected chi connectivity index (χ4v) is 3.14. The maximum atomic E-state index is 13.2. The van der Waals surface area contributed by atoms with Crippen molar-refractivity contribution >= 4 is 5.91 Å². The zero-order chi connectivity index (χ0) is 16.9. The van der Waals surface area contributed by atoms with Gasteiger partial charge in [0.05, 0.1) is 0 Å². The van der Waals surface area contributed by atoms with Crippen LogP contribution in [0.15, 0.2) is 36.7 Å². The highest BCUT2D eigenvalue weighted by Crippen LogP contribution is 2.22. The van der Waals surface area contributed by atoms with Crippen molar-refractivity contribution in [1.82, 2.24) is 20.2 Å². The van der Waals surface area contributed by atoms with E-state index in [1.165, 1.54) is 12.1 Å². The monoisotopic (exact) mass is 330 g/mol. The van der Waals surface area contributed by atoms with Crippen molar-refractivity contribution < 1.29 is 9.18 Å². The topological polar surface area (TPSA) is 59.0 Å². The Morgan fingerprint density at radius 1 is 1.46 bits per heavy atom. The number of imidazole rings is 1. The molecule has 3 rings (SSSR count).